The van der Waals surface area contributed by atoms with E-state index in [0.717, 1.165) is 109 Å². The molecule has 0 fully saturated rings. The van der Waals surface area contributed by atoms with Crippen LogP contribution in [0.2, 0.25) is 0 Å². The molecule has 0 saturated heterocycles. The molecule has 0 aliphatic rings. The third kappa shape index (κ3) is 44.5. The molecule has 2 unspecified atom stereocenters. The van der Waals surface area contributed by atoms with Crippen molar-refractivity contribution in [1.82, 2.24) is 0 Å². The van der Waals surface area contributed by atoms with Crippen LogP contribution < -0.4 is 5.73 Å². The van der Waals surface area contributed by atoms with Crippen LogP contribution in [0.25, 0.3) is 0 Å². The van der Waals surface area contributed by atoms with Crippen molar-refractivity contribution in [3.05, 3.63) is 97.2 Å². The Kier molecular flexibility index (Phi) is 43.1. The minimum atomic E-state index is -4.38. The number of esters is 2. The molecule has 2 atom stereocenters. The van der Waals surface area contributed by atoms with E-state index in [9.17, 15) is 19.0 Å². The van der Waals surface area contributed by atoms with Gasteiger partial charge < -0.3 is 20.1 Å². The molecule has 9 nitrogen and oxygen atoms in total. The van der Waals surface area contributed by atoms with Gasteiger partial charge >= 0.3 is 19.8 Å². The van der Waals surface area contributed by atoms with E-state index in [0.29, 0.717) is 6.42 Å². The Morgan fingerprint density at radius 1 is 0.517 bits per heavy atom. The van der Waals surface area contributed by atoms with E-state index in [1.807, 2.05) is 0 Å². The number of carbonyl (C=O) groups is 2. The molecular weight excluding hydrogens is 774 g/mol. The van der Waals surface area contributed by atoms with Crippen molar-refractivity contribution in [3.63, 3.8) is 0 Å². The average molecular weight is 858 g/mol. The number of phosphoric ester groups is 1. The molecule has 3 N–H and O–H groups in total. The first-order valence-corrected chi connectivity index (χ1v) is 24.7. The predicted octanol–water partition coefficient (Wildman–Crippen LogP) is 13.8. The summed E-state index contributed by atoms with van der Waals surface area (Å²) in [6.07, 6.45) is 59.2. The van der Waals surface area contributed by atoms with Gasteiger partial charge in [-0.2, -0.15) is 0 Å². The molecule has 60 heavy (non-hydrogen) atoms. The fourth-order valence-electron chi connectivity index (χ4n) is 5.83. The molecule has 0 aliphatic carbocycles. The van der Waals surface area contributed by atoms with Gasteiger partial charge in [0.2, 0.25) is 0 Å². The minimum absolute atomic E-state index is 0.0479. The van der Waals surface area contributed by atoms with Crippen LogP contribution in [0.5, 0.6) is 0 Å². The monoisotopic (exact) mass is 858 g/mol. The van der Waals surface area contributed by atoms with Crippen molar-refractivity contribution in [2.45, 2.75) is 180 Å². The molecule has 0 heterocycles. The molecule has 0 aromatic carbocycles. The van der Waals surface area contributed by atoms with Crippen molar-refractivity contribution in [1.29, 1.82) is 0 Å². The molecule has 0 bridgehead atoms. The third-order valence-electron chi connectivity index (χ3n) is 9.23. The molecule has 0 spiro atoms. The van der Waals surface area contributed by atoms with Crippen LogP contribution in [0.4, 0.5) is 0 Å². The summed E-state index contributed by atoms with van der Waals surface area (Å²) in [5, 5.41) is 0. The molecule has 342 valence electrons. The Morgan fingerprint density at radius 2 is 0.917 bits per heavy atom. The summed E-state index contributed by atoms with van der Waals surface area (Å²) in [5.74, 6) is -0.856. The zero-order chi connectivity index (χ0) is 43.9. The summed E-state index contributed by atoms with van der Waals surface area (Å²) in [4.78, 5) is 34.6. The number of nitrogens with two attached hydrogens (primary N) is 1. The van der Waals surface area contributed by atoms with Crippen LogP contribution in [0.1, 0.15) is 174 Å². The maximum absolute atomic E-state index is 12.5. The number of hydrogen-bond donors (Lipinski definition) is 2. The van der Waals surface area contributed by atoms with Gasteiger partial charge in [0.1, 0.15) is 6.61 Å². The first-order chi connectivity index (χ1) is 29.3. The molecule has 0 amide bonds. The Bertz CT molecular complexity index is 1300. The number of hydrogen-bond acceptors (Lipinski definition) is 8. The summed E-state index contributed by atoms with van der Waals surface area (Å²) in [6, 6.07) is 0. The van der Waals surface area contributed by atoms with Crippen LogP contribution in [0.3, 0.4) is 0 Å². The highest BCUT2D eigenvalue weighted by Crippen LogP contribution is 2.43. The second kappa shape index (κ2) is 45.5. The number of rotatable bonds is 42. The van der Waals surface area contributed by atoms with E-state index in [4.69, 9.17) is 24.3 Å². The molecule has 0 radical (unpaired) electrons. The average Bonchev–Trinajstić information content (AvgIpc) is 3.24. The van der Waals surface area contributed by atoms with Crippen molar-refractivity contribution < 1.29 is 37.6 Å². The highest BCUT2D eigenvalue weighted by Gasteiger charge is 2.26. The summed E-state index contributed by atoms with van der Waals surface area (Å²) in [6.45, 7) is 3.51. The fourth-order valence-corrected chi connectivity index (χ4v) is 6.59. The molecular formula is C50H84NO8P. The number of phosphoric acid groups is 1. The van der Waals surface area contributed by atoms with Crippen molar-refractivity contribution >= 4 is 19.8 Å². The topological polar surface area (TPSA) is 134 Å². The molecule has 0 rings (SSSR count). The smallest absolute Gasteiger partial charge is 0.462 e. The lowest BCUT2D eigenvalue weighted by molar-refractivity contribution is -0.161. The summed E-state index contributed by atoms with van der Waals surface area (Å²) >= 11 is 0. The van der Waals surface area contributed by atoms with E-state index in [-0.39, 0.29) is 32.6 Å². The van der Waals surface area contributed by atoms with Crippen molar-refractivity contribution in [2.24, 2.45) is 5.73 Å². The Balaban J connectivity index is 3.96. The lowest BCUT2D eigenvalue weighted by atomic mass is 10.1. The van der Waals surface area contributed by atoms with Gasteiger partial charge in [0.15, 0.2) is 6.10 Å². The SMILES string of the molecule is CC/C=C\C/C=C\C/C=C\C/C=C\C/C=C\C/C=C\C/C=C\C/C=C\CCCCCCCCCCC(=O)OC(COC(=O)CCCCCCCC)COP(=O)(O)OCCN. The normalized spacial score (nSPS) is 14.1. The van der Waals surface area contributed by atoms with Crippen LogP contribution in [0, 0.1) is 0 Å². The highest BCUT2D eigenvalue weighted by molar-refractivity contribution is 7.47. The first-order valence-electron chi connectivity index (χ1n) is 23.2. The second-order valence-electron chi connectivity index (χ2n) is 14.9. The first kappa shape index (κ1) is 56.9. The molecule has 0 aliphatic heterocycles. The van der Waals surface area contributed by atoms with Gasteiger partial charge in [0, 0.05) is 19.4 Å². The van der Waals surface area contributed by atoms with Crippen LogP contribution >= 0.6 is 7.82 Å². The maximum Gasteiger partial charge on any atom is 0.472 e. The zero-order valence-corrected chi connectivity index (χ0v) is 38.5. The van der Waals surface area contributed by atoms with Crippen LogP contribution in [-0.2, 0) is 32.7 Å². The van der Waals surface area contributed by atoms with Crippen molar-refractivity contribution in [2.75, 3.05) is 26.4 Å². The van der Waals surface area contributed by atoms with Crippen LogP contribution in [-0.4, -0.2) is 49.3 Å². The van der Waals surface area contributed by atoms with Gasteiger partial charge in [-0.15, -0.1) is 0 Å². The Hall–Kier alpha value is -3.07. The molecule has 10 heteroatoms. The summed E-state index contributed by atoms with van der Waals surface area (Å²) < 4.78 is 32.6. The minimum Gasteiger partial charge on any atom is -0.462 e. The van der Waals surface area contributed by atoms with E-state index in [1.54, 1.807) is 0 Å². The standard InChI is InChI=1S/C50H84NO8P/c1-3-5-7-9-11-12-13-14-15-16-17-18-19-20-21-22-23-24-25-26-27-28-29-30-31-32-33-34-35-36-37-39-41-43-50(53)59-48(47-58-60(54,55)57-45-44-51)46-56-49(52)42-40-38-10-8-6-4-2/h5,7,11-12,14-15,17-18,20-21,23-24,26-27,29-30,48H,3-4,6,8-10,13,16,19,22,25,28,31-47,51H2,1-2H3,(H,54,55)/b7-5-,12-11-,15-14-,18-17-,21-20-,24-23-,27-26-,30-29-. The fraction of sp³-hybridized carbons (Fsp3) is 0.640. The van der Waals surface area contributed by atoms with E-state index < -0.39 is 32.5 Å². The Morgan fingerprint density at radius 3 is 1.37 bits per heavy atom. The highest BCUT2D eigenvalue weighted by atomic mass is 31.2. The number of unbranched alkanes of at least 4 members (excludes halogenated alkanes) is 13. The van der Waals surface area contributed by atoms with E-state index in [2.05, 4.69) is 111 Å². The van der Waals surface area contributed by atoms with Gasteiger partial charge in [-0.1, -0.05) is 182 Å². The van der Waals surface area contributed by atoms with Gasteiger partial charge in [-0.25, -0.2) is 4.57 Å². The van der Waals surface area contributed by atoms with E-state index in [1.165, 1.54) is 32.1 Å². The van der Waals surface area contributed by atoms with Crippen molar-refractivity contribution in [3.8, 4) is 0 Å². The largest absolute Gasteiger partial charge is 0.472 e. The molecule has 0 saturated carbocycles. The summed E-state index contributed by atoms with van der Waals surface area (Å²) in [7, 11) is -4.38. The summed E-state index contributed by atoms with van der Waals surface area (Å²) in [5.41, 5.74) is 5.33. The lowest BCUT2D eigenvalue weighted by Gasteiger charge is -2.19. The number of allylic oxidation sites excluding steroid dienone is 16. The maximum atomic E-state index is 12.5. The van der Waals surface area contributed by atoms with Crippen LogP contribution in [0.15, 0.2) is 97.2 Å². The van der Waals surface area contributed by atoms with Gasteiger partial charge in [-0.3, -0.25) is 18.6 Å². The van der Waals surface area contributed by atoms with Gasteiger partial charge in [-0.05, 0) is 77.0 Å². The van der Waals surface area contributed by atoms with E-state index >= 15 is 0 Å². The molecule has 0 aromatic heterocycles. The predicted molar refractivity (Wildman–Crippen MR) is 252 cm³/mol. The number of ether oxygens (including phenoxy) is 2. The Labute approximate surface area is 366 Å². The lowest BCUT2D eigenvalue weighted by Crippen LogP contribution is -2.29. The van der Waals surface area contributed by atoms with Gasteiger partial charge in [0.05, 0.1) is 13.2 Å². The number of carbonyl (C=O) groups excluding carboxylic acids is 2. The second-order valence-corrected chi connectivity index (χ2v) is 16.3. The third-order valence-corrected chi connectivity index (χ3v) is 10.2. The zero-order valence-electron chi connectivity index (χ0n) is 37.7. The molecule has 0 aromatic rings. The quantitative estimate of drug-likeness (QED) is 0.0266. The van der Waals surface area contributed by atoms with Gasteiger partial charge in [0.25, 0.3) is 0 Å².